The van der Waals surface area contributed by atoms with E-state index in [1.54, 1.807) is 42.5 Å². The van der Waals surface area contributed by atoms with E-state index in [9.17, 15) is 24.0 Å². The van der Waals surface area contributed by atoms with Crippen LogP contribution in [0.4, 0.5) is 5.69 Å². The highest BCUT2D eigenvalue weighted by atomic mass is 16.5. The largest absolute Gasteiger partial charge is 0.454 e. The summed E-state index contributed by atoms with van der Waals surface area (Å²) in [5.74, 6) is -2.00. The van der Waals surface area contributed by atoms with Crippen LogP contribution < -0.4 is 9.64 Å². The second-order valence-corrected chi connectivity index (χ2v) is 11.8. The normalized spacial score (nSPS) is 23.1. The topological polar surface area (TPSA) is 107 Å². The maximum Gasteiger partial charge on any atom is 0.343 e. The number of nitrogens with zero attached hydrogens (tertiary/aromatic N) is 1. The SMILES string of the molecule is O=C(COC(=O)c1cccc(N2C(=O)C3C4CC(c5ccccc5)C(C4)C3C2=O)c1)c1ccc(OC(=O)c2ccccc2)cc1. The lowest BCUT2D eigenvalue weighted by Gasteiger charge is -2.28. The molecule has 3 fully saturated rings. The molecule has 1 heterocycles. The molecular formula is C37H29NO7. The number of hydrogen-bond acceptors (Lipinski definition) is 7. The first kappa shape index (κ1) is 28.4. The Balaban J connectivity index is 0.985. The van der Waals surface area contributed by atoms with Crippen molar-refractivity contribution in [2.24, 2.45) is 23.7 Å². The van der Waals surface area contributed by atoms with Gasteiger partial charge in [-0.05, 0) is 90.8 Å². The Morgan fingerprint density at radius 3 is 2.07 bits per heavy atom. The predicted octanol–water partition coefficient (Wildman–Crippen LogP) is 5.87. The minimum Gasteiger partial charge on any atom is -0.454 e. The molecule has 0 radical (unpaired) electrons. The zero-order chi connectivity index (χ0) is 31.1. The van der Waals surface area contributed by atoms with Crippen molar-refractivity contribution < 1.29 is 33.4 Å². The first-order chi connectivity index (χ1) is 21.9. The third-order valence-corrected chi connectivity index (χ3v) is 9.31. The van der Waals surface area contributed by atoms with Crippen molar-refractivity contribution in [2.75, 3.05) is 11.5 Å². The van der Waals surface area contributed by atoms with Crippen LogP contribution >= 0.6 is 0 Å². The molecule has 0 aromatic heterocycles. The van der Waals surface area contributed by atoms with Crippen molar-refractivity contribution in [3.63, 3.8) is 0 Å². The number of Topliss-reactive ketones (excluding diaryl/α,β-unsaturated/α-hetero) is 1. The van der Waals surface area contributed by atoms with Gasteiger partial charge in [0.1, 0.15) is 5.75 Å². The van der Waals surface area contributed by atoms with E-state index < -0.39 is 24.3 Å². The molecule has 5 unspecified atom stereocenters. The molecule has 224 valence electrons. The van der Waals surface area contributed by atoms with Gasteiger partial charge in [0.05, 0.1) is 28.7 Å². The van der Waals surface area contributed by atoms with Crippen LogP contribution in [0.2, 0.25) is 0 Å². The molecule has 2 amide bonds. The van der Waals surface area contributed by atoms with Crippen molar-refractivity contribution in [1.82, 2.24) is 0 Å². The molecule has 2 bridgehead atoms. The fourth-order valence-electron chi connectivity index (χ4n) is 7.32. The van der Waals surface area contributed by atoms with E-state index in [-0.39, 0.29) is 58.3 Å². The van der Waals surface area contributed by atoms with Gasteiger partial charge in [0.2, 0.25) is 11.8 Å². The van der Waals surface area contributed by atoms with Gasteiger partial charge in [0.25, 0.3) is 0 Å². The van der Waals surface area contributed by atoms with Crippen LogP contribution in [0, 0.1) is 23.7 Å². The molecule has 45 heavy (non-hydrogen) atoms. The number of ether oxygens (including phenoxy) is 2. The molecule has 1 aliphatic heterocycles. The average molecular weight is 600 g/mol. The van der Waals surface area contributed by atoms with Gasteiger partial charge in [-0.3, -0.25) is 19.3 Å². The third-order valence-electron chi connectivity index (χ3n) is 9.31. The monoisotopic (exact) mass is 599 g/mol. The number of carbonyl (C=O) groups excluding carboxylic acids is 5. The molecule has 4 aromatic carbocycles. The summed E-state index contributed by atoms with van der Waals surface area (Å²) in [6, 6.07) is 30.9. The number of rotatable bonds is 8. The highest BCUT2D eigenvalue weighted by molar-refractivity contribution is 6.23. The summed E-state index contributed by atoms with van der Waals surface area (Å²) >= 11 is 0. The fourth-order valence-corrected chi connectivity index (χ4v) is 7.32. The zero-order valence-corrected chi connectivity index (χ0v) is 24.2. The lowest BCUT2D eigenvalue weighted by atomic mass is 9.73. The maximum absolute atomic E-state index is 13.7. The van der Waals surface area contributed by atoms with E-state index >= 15 is 0 Å². The Morgan fingerprint density at radius 1 is 0.667 bits per heavy atom. The second-order valence-electron chi connectivity index (χ2n) is 11.8. The molecule has 2 saturated carbocycles. The summed E-state index contributed by atoms with van der Waals surface area (Å²) in [7, 11) is 0. The van der Waals surface area contributed by atoms with Gasteiger partial charge in [0, 0.05) is 5.56 Å². The highest BCUT2D eigenvalue weighted by Gasteiger charge is 2.64. The number of fused-ring (bicyclic) bond motifs is 5. The zero-order valence-electron chi connectivity index (χ0n) is 24.2. The predicted molar refractivity (Wildman–Crippen MR) is 164 cm³/mol. The van der Waals surface area contributed by atoms with Crippen LogP contribution in [-0.2, 0) is 14.3 Å². The van der Waals surface area contributed by atoms with E-state index in [2.05, 4.69) is 12.1 Å². The molecule has 3 aliphatic rings. The van der Waals surface area contributed by atoms with Gasteiger partial charge >= 0.3 is 11.9 Å². The van der Waals surface area contributed by atoms with E-state index in [1.807, 2.05) is 18.2 Å². The molecular weight excluding hydrogens is 570 g/mol. The summed E-state index contributed by atoms with van der Waals surface area (Å²) in [6.45, 7) is -0.512. The molecule has 8 heteroatoms. The van der Waals surface area contributed by atoms with Crippen molar-refractivity contribution in [1.29, 1.82) is 0 Å². The van der Waals surface area contributed by atoms with E-state index in [0.29, 0.717) is 11.3 Å². The lowest BCUT2D eigenvalue weighted by molar-refractivity contribution is -0.123. The molecule has 7 rings (SSSR count). The first-order valence-corrected chi connectivity index (χ1v) is 15.0. The van der Waals surface area contributed by atoms with Gasteiger partial charge in [-0.2, -0.15) is 0 Å². The molecule has 8 nitrogen and oxygen atoms in total. The van der Waals surface area contributed by atoms with Crippen LogP contribution in [0.3, 0.4) is 0 Å². The second kappa shape index (κ2) is 11.6. The summed E-state index contributed by atoms with van der Waals surface area (Å²) in [6.07, 6.45) is 1.77. The van der Waals surface area contributed by atoms with Crippen LogP contribution in [0.5, 0.6) is 5.75 Å². The first-order valence-electron chi connectivity index (χ1n) is 15.0. The Kier molecular flexibility index (Phi) is 7.33. The van der Waals surface area contributed by atoms with Gasteiger partial charge in [0.15, 0.2) is 12.4 Å². The van der Waals surface area contributed by atoms with E-state index in [1.165, 1.54) is 46.9 Å². The Morgan fingerprint density at radius 2 is 1.33 bits per heavy atom. The van der Waals surface area contributed by atoms with Crippen LogP contribution in [0.25, 0.3) is 0 Å². The maximum atomic E-state index is 13.7. The van der Waals surface area contributed by atoms with Crippen molar-refractivity contribution in [3.8, 4) is 5.75 Å². The van der Waals surface area contributed by atoms with Gasteiger partial charge in [-0.25, -0.2) is 9.59 Å². The summed E-state index contributed by atoms with van der Waals surface area (Å²) in [4.78, 5) is 66.4. The molecule has 1 saturated heterocycles. The number of ketones is 1. The van der Waals surface area contributed by atoms with Gasteiger partial charge in [-0.15, -0.1) is 0 Å². The number of esters is 2. The Bertz CT molecular complexity index is 1800. The number of amides is 2. The minimum absolute atomic E-state index is 0.119. The van der Waals surface area contributed by atoms with Crippen LogP contribution in [0.15, 0.2) is 109 Å². The lowest BCUT2D eigenvalue weighted by Crippen LogP contribution is -2.33. The standard InChI is InChI=1S/C37H29NO7/c39-31(23-14-16-28(17-15-23)45-37(43)24-10-5-2-6-11-24)21-44-36(42)25-12-7-13-27(18-25)38-34(40)32-26-19-29(22-8-3-1-4-9-22)30(20-26)33(32)35(38)41/h1-18,26,29-30,32-33H,19-21H2. The molecule has 2 aliphatic carbocycles. The molecule has 4 aromatic rings. The van der Waals surface area contributed by atoms with Crippen LogP contribution in [-0.4, -0.2) is 36.1 Å². The smallest absolute Gasteiger partial charge is 0.343 e. The van der Waals surface area contributed by atoms with Crippen molar-refractivity contribution in [2.45, 2.75) is 18.8 Å². The fraction of sp³-hybridized carbons (Fsp3) is 0.216. The summed E-state index contributed by atoms with van der Waals surface area (Å²) < 4.78 is 10.6. The van der Waals surface area contributed by atoms with Crippen molar-refractivity contribution >= 4 is 35.2 Å². The summed E-state index contributed by atoms with van der Waals surface area (Å²) in [5.41, 5.74) is 2.35. The van der Waals surface area contributed by atoms with E-state index in [4.69, 9.17) is 9.47 Å². The Hall–Kier alpha value is -5.37. The summed E-state index contributed by atoms with van der Waals surface area (Å²) in [5, 5.41) is 0. The number of hydrogen-bond donors (Lipinski definition) is 0. The minimum atomic E-state index is -0.748. The number of imide groups is 1. The molecule has 5 atom stereocenters. The molecule has 0 spiro atoms. The van der Waals surface area contributed by atoms with Gasteiger partial charge in [-0.1, -0.05) is 54.6 Å². The van der Waals surface area contributed by atoms with E-state index in [0.717, 1.165) is 12.8 Å². The number of carbonyl (C=O) groups is 5. The highest BCUT2D eigenvalue weighted by Crippen LogP contribution is 2.61. The molecule has 0 N–H and O–H groups in total. The average Bonchev–Trinajstić information content (AvgIpc) is 3.75. The number of benzene rings is 4. The third kappa shape index (κ3) is 5.22. The Labute approximate surface area is 259 Å². The van der Waals surface area contributed by atoms with Gasteiger partial charge < -0.3 is 9.47 Å². The van der Waals surface area contributed by atoms with Crippen LogP contribution in [0.1, 0.15) is 55.4 Å². The number of anilines is 1. The quantitative estimate of drug-likeness (QED) is 0.108. The van der Waals surface area contributed by atoms with Crippen molar-refractivity contribution in [3.05, 3.63) is 131 Å².